The molecular formula is C27H30BrN5O4. The average Bonchev–Trinajstić information content (AvgIpc) is 3.36. The van der Waals surface area contributed by atoms with Crippen LogP contribution in [-0.2, 0) is 16.1 Å². The zero-order valence-corrected chi connectivity index (χ0v) is 22.5. The number of carbonyl (C=O) groups is 1. The van der Waals surface area contributed by atoms with Gasteiger partial charge < -0.3 is 19.5 Å². The molecule has 1 unspecified atom stereocenters. The lowest BCUT2D eigenvalue weighted by Crippen LogP contribution is -2.32. The maximum Gasteiger partial charge on any atom is 0.338 e. The topological polar surface area (TPSA) is 100 Å². The Bertz CT molecular complexity index is 1290. The van der Waals surface area contributed by atoms with Crippen molar-refractivity contribution < 1.29 is 19.0 Å². The van der Waals surface area contributed by atoms with Gasteiger partial charge in [-0.1, -0.05) is 41.9 Å². The highest BCUT2D eigenvalue weighted by atomic mass is 79.9. The van der Waals surface area contributed by atoms with Gasteiger partial charge in [0.15, 0.2) is 11.5 Å². The van der Waals surface area contributed by atoms with Crippen LogP contribution in [0.15, 0.2) is 58.2 Å². The second-order valence-electron chi connectivity index (χ2n) is 9.22. The smallest absolute Gasteiger partial charge is 0.338 e. The molecule has 194 valence electrons. The lowest BCUT2D eigenvalue weighted by Gasteiger charge is -2.30. The van der Waals surface area contributed by atoms with Crippen LogP contribution in [0.1, 0.15) is 63.1 Å². The van der Waals surface area contributed by atoms with Crippen molar-refractivity contribution in [3.05, 3.63) is 69.3 Å². The summed E-state index contributed by atoms with van der Waals surface area (Å²) in [4.78, 5) is 13.5. The van der Waals surface area contributed by atoms with Gasteiger partial charge in [0.1, 0.15) is 18.8 Å². The van der Waals surface area contributed by atoms with Gasteiger partial charge >= 0.3 is 5.97 Å². The second-order valence-corrected chi connectivity index (χ2v) is 10.1. The summed E-state index contributed by atoms with van der Waals surface area (Å²) in [6.45, 7) is 4.60. The SMILES string of the molecule is CCOc1cc(C2C(C(=O)OC3CCCCC3)=C(C)Nc3nnnn32)cc(Br)c1OCc1ccccc1. The molecule has 2 aromatic carbocycles. The van der Waals surface area contributed by atoms with Gasteiger partial charge in [-0.05, 0) is 89.1 Å². The first-order chi connectivity index (χ1) is 18.0. The molecule has 1 fully saturated rings. The van der Waals surface area contributed by atoms with E-state index in [0.717, 1.165) is 36.8 Å². The van der Waals surface area contributed by atoms with Crippen molar-refractivity contribution in [2.45, 2.75) is 64.7 Å². The summed E-state index contributed by atoms with van der Waals surface area (Å²) in [5, 5.41) is 15.3. The van der Waals surface area contributed by atoms with E-state index < -0.39 is 6.04 Å². The third kappa shape index (κ3) is 5.49. The van der Waals surface area contributed by atoms with Gasteiger partial charge in [-0.2, -0.15) is 4.68 Å². The third-order valence-corrected chi connectivity index (χ3v) is 7.22. The fourth-order valence-corrected chi connectivity index (χ4v) is 5.44. The first-order valence-corrected chi connectivity index (χ1v) is 13.4. The molecule has 10 heteroatoms. The summed E-state index contributed by atoms with van der Waals surface area (Å²) in [5.41, 5.74) is 2.94. The van der Waals surface area contributed by atoms with Crippen molar-refractivity contribution in [1.82, 2.24) is 20.2 Å². The van der Waals surface area contributed by atoms with E-state index in [4.69, 9.17) is 14.2 Å². The number of nitrogens with zero attached hydrogens (tertiary/aromatic N) is 4. The molecule has 37 heavy (non-hydrogen) atoms. The van der Waals surface area contributed by atoms with Crippen LogP contribution >= 0.6 is 15.9 Å². The van der Waals surface area contributed by atoms with Crippen LogP contribution in [0.3, 0.4) is 0 Å². The number of benzene rings is 2. The number of anilines is 1. The molecular weight excluding hydrogens is 538 g/mol. The molecule has 0 radical (unpaired) electrons. The Hall–Kier alpha value is -3.40. The van der Waals surface area contributed by atoms with Crippen LogP contribution < -0.4 is 14.8 Å². The van der Waals surface area contributed by atoms with Crippen molar-refractivity contribution in [3.8, 4) is 11.5 Å². The summed E-state index contributed by atoms with van der Waals surface area (Å²) >= 11 is 3.68. The number of carbonyl (C=O) groups excluding carboxylic acids is 1. The summed E-state index contributed by atoms with van der Waals surface area (Å²) in [5.74, 6) is 1.25. The number of tetrazole rings is 1. The van der Waals surface area contributed by atoms with Crippen molar-refractivity contribution in [3.63, 3.8) is 0 Å². The van der Waals surface area contributed by atoms with Crippen LogP contribution in [0.4, 0.5) is 5.95 Å². The fraction of sp³-hybridized carbons (Fsp3) is 0.407. The summed E-state index contributed by atoms with van der Waals surface area (Å²) in [6.07, 6.45) is 5.03. The van der Waals surface area contributed by atoms with Crippen LogP contribution in [0.25, 0.3) is 0 Å². The molecule has 0 spiro atoms. The Morgan fingerprint density at radius 3 is 2.68 bits per heavy atom. The zero-order valence-electron chi connectivity index (χ0n) is 20.9. The minimum atomic E-state index is -0.596. The number of aromatic nitrogens is 4. The minimum absolute atomic E-state index is 0.0723. The van der Waals surface area contributed by atoms with E-state index >= 15 is 0 Å². The molecule has 3 aromatic rings. The number of hydrogen-bond acceptors (Lipinski definition) is 8. The first-order valence-electron chi connectivity index (χ1n) is 12.6. The van der Waals surface area contributed by atoms with Gasteiger partial charge in [0.2, 0.25) is 5.95 Å². The quantitative estimate of drug-likeness (QED) is 0.352. The van der Waals surface area contributed by atoms with E-state index in [1.807, 2.05) is 56.3 Å². The zero-order chi connectivity index (χ0) is 25.8. The molecule has 1 N–H and O–H groups in total. The number of esters is 1. The Kier molecular flexibility index (Phi) is 7.73. The first kappa shape index (κ1) is 25.3. The van der Waals surface area contributed by atoms with Crippen LogP contribution in [0, 0.1) is 0 Å². The van der Waals surface area contributed by atoms with Gasteiger partial charge in [-0.25, -0.2) is 4.79 Å². The molecule has 1 saturated carbocycles. The number of allylic oxidation sites excluding steroid dienone is 1. The highest BCUT2D eigenvalue weighted by Gasteiger charge is 2.37. The van der Waals surface area contributed by atoms with Crippen LogP contribution in [0.5, 0.6) is 11.5 Å². The predicted octanol–water partition coefficient (Wildman–Crippen LogP) is 5.58. The maximum atomic E-state index is 13.5. The lowest BCUT2D eigenvalue weighted by atomic mass is 9.94. The molecule has 1 atom stereocenters. The van der Waals surface area contributed by atoms with E-state index in [1.54, 1.807) is 4.68 Å². The Morgan fingerprint density at radius 2 is 1.92 bits per heavy atom. The third-order valence-electron chi connectivity index (χ3n) is 6.63. The van der Waals surface area contributed by atoms with Crippen molar-refractivity contribution in [1.29, 1.82) is 0 Å². The number of halogens is 1. The van der Waals surface area contributed by atoms with Crippen molar-refractivity contribution in [2.75, 3.05) is 11.9 Å². The number of nitrogens with one attached hydrogen (secondary N) is 1. The highest BCUT2D eigenvalue weighted by Crippen LogP contribution is 2.43. The average molecular weight is 568 g/mol. The van der Waals surface area contributed by atoms with Crippen LogP contribution in [0.2, 0.25) is 0 Å². The Labute approximate surface area is 224 Å². The molecule has 0 saturated heterocycles. The maximum absolute atomic E-state index is 13.5. The molecule has 1 aromatic heterocycles. The molecule has 9 nitrogen and oxygen atoms in total. The second kappa shape index (κ2) is 11.3. The Morgan fingerprint density at radius 1 is 1.14 bits per heavy atom. The van der Waals surface area contributed by atoms with E-state index in [1.165, 1.54) is 6.42 Å². The molecule has 5 rings (SSSR count). The molecule has 1 aliphatic heterocycles. The summed E-state index contributed by atoms with van der Waals surface area (Å²) in [7, 11) is 0. The number of hydrogen-bond donors (Lipinski definition) is 1. The molecule has 2 heterocycles. The predicted molar refractivity (Wildman–Crippen MR) is 141 cm³/mol. The van der Waals surface area contributed by atoms with Gasteiger partial charge in [-0.15, -0.1) is 0 Å². The van der Waals surface area contributed by atoms with Crippen LogP contribution in [-0.4, -0.2) is 38.9 Å². The fourth-order valence-electron chi connectivity index (χ4n) is 4.86. The van der Waals surface area contributed by atoms with Gasteiger partial charge in [0.05, 0.1) is 16.7 Å². The molecule has 2 aliphatic rings. The van der Waals surface area contributed by atoms with Gasteiger partial charge in [0, 0.05) is 5.70 Å². The van der Waals surface area contributed by atoms with Gasteiger partial charge in [0.25, 0.3) is 0 Å². The molecule has 1 aliphatic carbocycles. The van der Waals surface area contributed by atoms with Crippen molar-refractivity contribution >= 4 is 27.8 Å². The summed E-state index contributed by atoms with van der Waals surface area (Å²) in [6, 6.07) is 13.2. The van der Waals surface area contributed by atoms with Crippen molar-refractivity contribution in [2.24, 2.45) is 0 Å². The van der Waals surface area contributed by atoms with E-state index in [0.29, 0.717) is 46.4 Å². The van der Waals surface area contributed by atoms with E-state index in [9.17, 15) is 4.79 Å². The van der Waals surface area contributed by atoms with Gasteiger partial charge in [-0.3, -0.25) is 0 Å². The lowest BCUT2D eigenvalue weighted by molar-refractivity contribution is -0.146. The normalized spacial score (nSPS) is 17.6. The molecule has 0 bridgehead atoms. The van der Waals surface area contributed by atoms with E-state index in [2.05, 4.69) is 36.8 Å². The molecule has 0 amide bonds. The monoisotopic (exact) mass is 567 g/mol. The standard InChI is InChI=1S/C27H30BrN5O4/c1-3-35-22-15-19(14-21(28)25(22)36-16-18-10-6-4-7-11-18)24-23(17(2)29-27-30-31-32-33(24)27)26(34)37-20-12-8-5-9-13-20/h4,6-7,10-11,14-15,20,24H,3,5,8-9,12-13,16H2,1-2H3,(H,29,30,32). The minimum Gasteiger partial charge on any atom is -0.490 e. The Balaban J connectivity index is 1.50. The summed E-state index contributed by atoms with van der Waals surface area (Å²) < 4.78 is 20.4. The van der Waals surface area contributed by atoms with E-state index in [-0.39, 0.29) is 12.1 Å². The number of rotatable bonds is 8. The highest BCUT2D eigenvalue weighted by molar-refractivity contribution is 9.10. The number of fused-ring (bicyclic) bond motifs is 1. The number of ether oxygens (including phenoxy) is 3. The largest absolute Gasteiger partial charge is 0.490 e.